The second kappa shape index (κ2) is 7.53. The molecule has 0 radical (unpaired) electrons. The minimum atomic E-state index is 0. The molecular weight excluding hydrogens is 190 g/mol. The molecule has 0 spiro atoms. The predicted molar refractivity (Wildman–Crippen MR) is 55.9 cm³/mol. The SMILES string of the molecule is COCCN1CCC(NN)CC1.Cl. The zero-order valence-corrected chi connectivity index (χ0v) is 8.98. The van der Waals surface area contributed by atoms with Crippen LogP contribution in [0.2, 0.25) is 0 Å². The lowest BCUT2D eigenvalue weighted by Crippen LogP contribution is -2.45. The van der Waals surface area contributed by atoms with Crippen LogP contribution in [0.1, 0.15) is 12.8 Å². The van der Waals surface area contributed by atoms with E-state index in [9.17, 15) is 0 Å². The summed E-state index contributed by atoms with van der Waals surface area (Å²) < 4.78 is 5.02. The molecule has 1 rings (SSSR count). The Morgan fingerprint density at radius 3 is 2.54 bits per heavy atom. The summed E-state index contributed by atoms with van der Waals surface area (Å²) in [4.78, 5) is 2.41. The minimum absolute atomic E-state index is 0. The van der Waals surface area contributed by atoms with Crippen molar-refractivity contribution in [2.24, 2.45) is 5.84 Å². The Kier molecular flexibility index (Phi) is 7.60. The van der Waals surface area contributed by atoms with Crippen molar-refractivity contribution in [3.8, 4) is 0 Å². The number of likely N-dealkylation sites (tertiary alicyclic amines) is 1. The van der Waals surface area contributed by atoms with Crippen molar-refractivity contribution < 1.29 is 4.74 Å². The molecule has 3 N–H and O–H groups in total. The van der Waals surface area contributed by atoms with Crippen LogP contribution >= 0.6 is 12.4 Å². The lowest BCUT2D eigenvalue weighted by molar-refractivity contribution is 0.126. The molecule has 5 heteroatoms. The van der Waals surface area contributed by atoms with Crippen molar-refractivity contribution in [3.05, 3.63) is 0 Å². The molecule has 1 saturated heterocycles. The van der Waals surface area contributed by atoms with Gasteiger partial charge in [-0.2, -0.15) is 0 Å². The minimum Gasteiger partial charge on any atom is -0.383 e. The fourth-order valence-electron chi connectivity index (χ4n) is 1.54. The van der Waals surface area contributed by atoms with E-state index in [4.69, 9.17) is 10.6 Å². The van der Waals surface area contributed by atoms with Crippen LogP contribution in [0.15, 0.2) is 0 Å². The molecule has 0 aromatic heterocycles. The van der Waals surface area contributed by atoms with Crippen molar-refractivity contribution in [3.63, 3.8) is 0 Å². The predicted octanol–water partition coefficient (Wildman–Crippen LogP) is -0.0177. The van der Waals surface area contributed by atoms with Gasteiger partial charge in [0.05, 0.1) is 6.61 Å². The van der Waals surface area contributed by atoms with E-state index in [-0.39, 0.29) is 12.4 Å². The molecular formula is C8H20ClN3O. The Balaban J connectivity index is 0.00000144. The molecule has 0 aromatic carbocycles. The van der Waals surface area contributed by atoms with Crippen LogP contribution in [0.3, 0.4) is 0 Å². The largest absolute Gasteiger partial charge is 0.383 e. The molecule has 0 bridgehead atoms. The summed E-state index contributed by atoms with van der Waals surface area (Å²) in [6, 6.07) is 0.517. The van der Waals surface area contributed by atoms with Gasteiger partial charge in [0.25, 0.3) is 0 Å². The number of nitrogens with zero attached hydrogens (tertiary/aromatic N) is 1. The van der Waals surface area contributed by atoms with E-state index in [1.54, 1.807) is 7.11 Å². The molecule has 0 atom stereocenters. The first-order valence-electron chi connectivity index (χ1n) is 4.54. The van der Waals surface area contributed by atoms with E-state index in [1.165, 1.54) is 0 Å². The number of hydrogen-bond acceptors (Lipinski definition) is 4. The molecule has 4 nitrogen and oxygen atoms in total. The Morgan fingerprint density at radius 2 is 2.08 bits per heavy atom. The maximum absolute atomic E-state index is 5.36. The van der Waals surface area contributed by atoms with Crippen molar-refractivity contribution in [2.45, 2.75) is 18.9 Å². The number of piperidine rings is 1. The summed E-state index contributed by atoms with van der Waals surface area (Å²) in [6.45, 7) is 4.16. The van der Waals surface area contributed by atoms with Crippen LogP contribution in [0.5, 0.6) is 0 Å². The molecule has 13 heavy (non-hydrogen) atoms. The first-order valence-corrected chi connectivity index (χ1v) is 4.54. The van der Waals surface area contributed by atoms with E-state index < -0.39 is 0 Å². The average molecular weight is 210 g/mol. The molecule has 0 aliphatic carbocycles. The van der Waals surface area contributed by atoms with Gasteiger partial charge in [-0.1, -0.05) is 0 Å². The smallest absolute Gasteiger partial charge is 0.0589 e. The quantitative estimate of drug-likeness (QED) is 0.505. The maximum atomic E-state index is 5.36. The molecule has 80 valence electrons. The Morgan fingerprint density at radius 1 is 1.46 bits per heavy atom. The van der Waals surface area contributed by atoms with Crippen LogP contribution in [-0.4, -0.2) is 44.3 Å². The standard InChI is InChI=1S/C8H19N3O.ClH/c1-12-7-6-11-4-2-8(10-9)3-5-11;/h8,10H,2-7,9H2,1H3;1H. The van der Waals surface area contributed by atoms with E-state index in [2.05, 4.69) is 10.3 Å². The van der Waals surface area contributed by atoms with Crippen molar-refractivity contribution in [2.75, 3.05) is 33.4 Å². The van der Waals surface area contributed by atoms with Crippen molar-refractivity contribution in [1.82, 2.24) is 10.3 Å². The van der Waals surface area contributed by atoms with Gasteiger partial charge in [0, 0.05) is 19.7 Å². The summed E-state index contributed by atoms with van der Waals surface area (Å²) in [6.07, 6.45) is 2.31. The zero-order chi connectivity index (χ0) is 8.81. The van der Waals surface area contributed by atoms with Gasteiger partial charge < -0.3 is 9.64 Å². The fraction of sp³-hybridized carbons (Fsp3) is 1.00. The molecule has 1 aliphatic rings. The number of ether oxygens (including phenoxy) is 1. The van der Waals surface area contributed by atoms with Crippen molar-refractivity contribution in [1.29, 1.82) is 0 Å². The van der Waals surface area contributed by atoms with Gasteiger partial charge in [0.2, 0.25) is 0 Å². The average Bonchev–Trinajstić information content (AvgIpc) is 2.15. The molecule has 0 saturated carbocycles. The first-order chi connectivity index (χ1) is 5.86. The van der Waals surface area contributed by atoms with Crippen LogP contribution in [-0.2, 0) is 4.74 Å². The molecule has 0 amide bonds. The Labute approximate surface area is 86.2 Å². The number of hydrogen-bond donors (Lipinski definition) is 2. The Bertz CT molecular complexity index is 118. The van der Waals surface area contributed by atoms with Crippen LogP contribution in [0.25, 0.3) is 0 Å². The van der Waals surface area contributed by atoms with E-state index >= 15 is 0 Å². The van der Waals surface area contributed by atoms with Gasteiger partial charge in [-0.05, 0) is 25.9 Å². The highest BCUT2D eigenvalue weighted by Gasteiger charge is 2.16. The van der Waals surface area contributed by atoms with E-state index in [0.29, 0.717) is 6.04 Å². The highest BCUT2D eigenvalue weighted by atomic mass is 35.5. The normalized spacial score (nSPS) is 19.8. The number of halogens is 1. The monoisotopic (exact) mass is 209 g/mol. The molecule has 1 aliphatic heterocycles. The highest BCUT2D eigenvalue weighted by molar-refractivity contribution is 5.85. The van der Waals surface area contributed by atoms with Crippen LogP contribution in [0.4, 0.5) is 0 Å². The Hall–Kier alpha value is 0.130. The summed E-state index contributed by atoms with van der Waals surface area (Å²) in [5.74, 6) is 5.36. The van der Waals surface area contributed by atoms with Gasteiger partial charge in [0.15, 0.2) is 0 Å². The summed E-state index contributed by atoms with van der Waals surface area (Å²) in [5.41, 5.74) is 2.82. The van der Waals surface area contributed by atoms with E-state index in [0.717, 1.165) is 39.1 Å². The van der Waals surface area contributed by atoms with Gasteiger partial charge in [0.1, 0.15) is 0 Å². The fourth-order valence-corrected chi connectivity index (χ4v) is 1.54. The van der Waals surface area contributed by atoms with Gasteiger partial charge in [-0.3, -0.25) is 11.3 Å². The maximum Gasteiger partial charge on any atom is 0.0589 e. The molecule has 0 unspecified atom stereocenters. The van der Waals surface area contributed by atoms with E-state index in [1.807, 2.05) is 0 Å². The molecule has 0 aromatic rings. The molecule has 1 heterocycles. The summed E-state index contributed by atoms with van der Waals surface area (Å²) in [5, 5.41) is 0. The first kappa shape index (κ1) is 13.1. The number of hydrazine groups is 1. The number of methoxy groups -OCH3 is 1. The third kappa shape index (κ3) is 4.78. The van der Waals surface area contributed by atoms with Gasteiger partial charge >= 0.3 is 0 Å². The third-order valence-electron chi connectivity index (χ3n) is 2.43. The van der Waals surface area contributed by atoms with Crippen LogP contribution < -0.4 is 11.3 Å². The van der Waals surface area contributed by atoms with Crippen LogP contribution in [0, 0.1) is 0 Å². The summed E-state index contributed by atoms with van der Waals surface area (Å²) in [7, 11) is 1.74. The number of nitrogens with one attached hydrogen (secondary N) is 1. The highest BCUT2D eigenvalue weighted by Crippen LogP contribution is 2.08. The summed E-state index contributed by atoms with van der Waals surface area (Å²) >= 11 is 0. The zero-order valence-electron chi connectivity index (χ0n) is 8.16. The third-order valence-corrected chi connectivity index (χ3v) is 2.43. The lowest BCUT2D eigenvalue weighted by Gasteiger charge is -2.31. The van der Waals surface area contributed by atoms with Gasteiger partial charge in [-0.25, -0.2) is 0 Å². The second-order valence-electron chi connectivity index (χ2n) is 3.28. The lowest BCUT2D eigenvalue weighted by atomic mass is 10.1. The topological polar surface area (TPSA) is 50.5 Å². The number of rotatable bonds is 4. The van der Waals surface area contributed by atoms with Crippen molar-refractivity contribution >= 4 is 12.4 Å². The second-order valence-corrected chi connectivity index (χ2v) is 3.28. The number of nitrogens with two attached hydrogens (primary N) is 1. The van der Waals surface area contributed by atoms with Gasteiger partial charge in [-0.15, -0.1) is 12.4 Å². The molecule has 1 fully saturated rings.